The number of ether oxygens (including phenoxy) is 1. The lowest BCUT2D eigenvalue weighted by atomic mass is 10.2. The lowest BCUT2D eigenvalue weighted by molar-refractivity contribution is -0.387. The molecule has 1 atom stereocenters. The molecule has 0 saturated heterocycles. The van der Waals surface area contributed by atoms with Crippen molar-refractivity contribution in [1.29, 1.82) is 0 Å². The maximum absolute atomic E-state index is 13.6. The summed E-state index contributed by atoms with van der Waals surface area (Å²) in [7, 11) is -3.97. The highest BCUT2D eigenvalue weighted by Crippen LogP contribution is 2.24. The van der Waals surface area contributed by atoms with Gasteiger partial charge in [0.25, 0.3) is 0 Å². The van der Waals surface area contributed by atoms with Gasteiger partial charge in [-0.05, 0) is 32.4 Å². The smallest absolute Gasteiger partial charge is 0.306 e. The third kappa shape index (κ3) is 4.45. The van der Waals surface area contributed by atoms with Crippen molar-refractivity contribution < 1.29 is 22.5 Å². The number of hydrogen-bond donors (Lipinski definition) is 1. The molecule has 0 aliphatic carbocycles. The molecule has 0 amide bonds. The predicted molar refractivity (Wildman–Crippen MR) is 74.1 cm³/mol. The minimum Gasteiger partial charge on any atom is -0.377 e. The molecule has 0 saturated carbocycles. The summed E-state index contributed by atoms with van der Waals surface area (Å²) in [5.74, 6) is -1.04. The number of rotatable bonds is 7. The minimum atomic E-state index is -3.97. The van der Waals surface area contributed by atoms with Crippen molar-refractivity contribution in [2.45, 2.75) is 31.8 Å². The highest BCUT2D eigenvalue weighted by Gasteiger charge is 2.24. The second-order valence-corrected chi connectivity index (χ2v) is 6.22. The molecule has 0 bridgehead atoms. The van der Waals surface area contributed by atoms with Gasteiger partial charge in [-0.1, -0.05) is 0 Å². The summed E-state index contributed by atoms with van der Waals surface area (Å²) < 4.78 is 45.2. The van der Waals surface area contributed by atoms with E-state index in [9.17, 15) is 22.9 Å². The first kappa shape index (κ1) is 17.5. The van der Waals surface area contributed by atoms with Crippen LogP contribution < -0.4 is 4.72 Å². The van der Waals surface area contributed by atoms with E-state index in [2.05, 4.69) is 4.72 Å². The van der Waals surface area contributed by atoms with E-state index in [1.54, 1.807) is 13.8 Å². The van der Waals surface area contributed by atoms with Crippen LogP contribution >= 0.6 is 0 Å². The van der Waals surface area contributed by atoms with E-state index in [1.807, 2.05) is 0 Å². The number of nitrogens with one attached hydrogen (secondary N) is 1. The molecule has 0 radical (unpaired) electrons. The van der Waals surface area contributed by atoms with Crippen molar-refractivity contribution in [2.24, 2.45) is 0 Å². The first-order valence-electron chi connectivity index (χ1n) is 6.24. The molecule has 0 spiro atoms. The Bertz CT molecular complexity index is 633. The van der Waals surface area contributed by atoms with Crippen LogP contribution in [0.2, 0.25) is 0 Å². The van der Waals surface area contributed by atoms with Crippen LogP contribution in [0, 0.1) is 22.9 Å². The van der Waals surface area contributed by atoms with Gasteiger partial charge in [-0.25, -0.2) is 13.1 Å². The highest BCUT2D eigenvalue weighted by atomic mass is 32.2. The molecule has 1 aromatic carbocycles. The number of benzene rings is 1. The molecule has 118 valence electrons. The summed E-state index contributed by atoms with van der Waals surface area (Å²) in [6, 6.07) is 1.76. The molecule has 7 nitrogen and oxygen atoms in total. The van der Waals surface area contributed by atoms with Crippen LogP contribution in [0.25, 0.3) is 0 Å². The molecule has 1 unspecified atom stereocenters. The van der Waals surface area contributed by atoms with Gasteiger partial charge in [0.15, 0.2) is 0 Å². The van der Waals surface area contributed by atoms with Crippen LogP contribution in [0.3, 0.4) is 0 Å². The largest absolute Gasteiger partial charge is 0.377 e. The topological polar surface area (TPSA) is 98.5 Å². The molecule has 0 aliphatic rings. The van der Waals surface area contributed by atoms with Crippen molar-refractivity contribution in [3.8, 4) is 0 Å². The summed E-state index contributed by atoms with van der Waals surface area (Å²) >= 11 is 0. The zero-order chi connectivity index (χ0) is 16.2. The second-order valence-electron chi connectivity index (χ2n) is 4.45. The van der Waals surface area contributed by atoms with Gasteiger partial charge < -0.3 is 4.74 Å². The van der Waals surface area contributed by atoms with Gasteiger partial charge in [0.05, 0.1) is 15.9 Å². The maximum atomic E-state index is 13.6. The molecule has 1 rings (SSSR count). The van der Waals surface area contributed by atoms with Crippen LogP contribution in [0.15, 0.2) is 17.0 Å². The Hall–Kier alpha value is -1.58. The lowest BCUT2D eigenvalue weighted by Crippen LogP contribution is -2.32. The van der Waals surface area contributed by atoms with E-state index in [4.69, 9.17) is 4.74 Å². The van der Waals surface area contributed by atoms with Gasteiger partial charge in [0, 0.05) is 19.2 Å². The Labute approximate surface area is 122 Å². The molecule has 1 aromatic rings. The number of halogens is 1. The third-order valence-electron chi connectivity index (χ3n) is 2.73. The summed E-state index contributed by atoms with van der Waals surface area (Å²) in [5, 5.41) is 10.7. The fourth-order valence-corrected chi connectivity index (χ4v) is 2.88. The first-order valence-corrected chi connectivity index (χ1v) is 7.73. The van der Waals surface area contributed by atoms with Gasteiger partial charge >= 0.3 is 5.69 Å². The van der Waals surface area contributed by atoms with Gasteiger partial charge in [0.1, 0.15) is 0 Å². The van der Waals surface area contributed by atoms with Crippen molar-refractivity contribution in [1.82, 2.24) is 4.72 Å². The number of hydrogen-bond acceptors (Lipinski definition) is 5. The molecule has 21 heavy (non-hydrogen) atoms. The van der Waals surface area contributed by atoms with E-state index < -0.39 is 26.5 Å². The van der Waals surface area contributed by atoms with E-state index >= 15 is 0 Å². The second kappa shape index (κ2) is 6.92. The summed E-state index contributed by atoms with van der Waals surface area (Å²) in [5.41, 5.74) is -0.976. The fraction of sp³-hybridized carbons (Fsp3) is 0.500. The number of sulfonamides is 1. The average molecular weight is 320 g/mol. The highest BCUT2D eigenvalue weighted by molar-refractivity contribution is 7.89. The monoisotopic (exact) mass is 320 g/mol. The zero-order valence-electron chi connectivity index (χ0n) is 11.9. The Morgan fingerprint density at radius 2 is 2.10 bits per heavy atom. The SMILES string of the molecule is CCOC(C)CNS(=O)(=O)c1cc(C)c(F)c([N+](=O)[O-])c1. The zero-order valence-corrected chi connectivity index (χ0v) is 12.7. The molecule has 0 fully saturated rings. The minimum absolute atomic E-state index is 0.0143. The Morgan fingerprint density at radius 1 is 1.48 bits per heavy atom. The van der Waals surface area contributed by atoms with Crippen LogP contribution in [-0.2, 0) is 14.8 Å². The van der Waals surface area contributed by atoms with Gasteiger partial charge in [-0.2, -0.15) is 4.39 Å². The quantitative estimate of drug-likeness (QED) is 0.609. The molecule has 0 aromatic heterocycles. The van der Waals surface area contributed by atoms with Crippen molar-refractivity contribution in [3.63, 3.8) is 0 Å². The number of nitro benzene ring substituents is 1. The van der Waals surface area contributed by atoms with Crippen molar-refractivity contribution in [2.75, 3.05) is 13.2 Å². The number of nitro groups is 1. The third-order valence-corrected chi connectivity index (χ3v) is 4.13. The number of nitrogens with zero attached hydrogens (tertiary/aromatic N) is 1. The summed E-state index contributed by atoms with van der Waals surface area (Å²) in [6.45, 7) is 5.18. The predicted octanol–water partition coefficient (Wildman–Crippen LogP) is 1.75. The fourth-order valence-electron chi connectivity index (χ4n) is 1.66. The van der Waals surface area contributed by atoms with E-state index in [-0.39, 0.29) is 23.1 Å². The molecular formula is C12H17FN2O5S. The Kier molecular flexibility index (Phi) is 5.76. The molecular weight excluding hydrogens is 303 g/mol. The average Bonchev–Trinajstić information content (AvgIpc) is 2.39. The van der Waals surface area contributed by atoms with Crippen LogP contribution in [0.1, 0.15) is 19.4 Å². The van der Waals surface area contributed by atoms with Crippen molar-refractivity contribution >= 4 is 15.7 Å². The van der Waals surface area contributed by atoms with E-state index in [0.717, 1.165) is 6.07 Å². The standard InChI is InChI=1S/C12H17FN2O5S/c1-4-20-9(3)7-14-21(18,19)10-5-8(2)12(13)11(6-10)15(16)17/h5-6,9,14H,4,7H2,1-3H3. The summed E-state index contributed by atoms with van der Waals surface area (Å²) in [4.78, 5) is 9.43. The van der Waals surface area contributed by atoms with E-state index in [0.29, 0.717) is 12.7 Å². The first-order chi connectivity index (χ1) is 9.69. The lowest BCUT2D eigenvalue weighted by Gasteiger charge is -2.13. The molecule has 9 heteroatoms. The maximum Gasteiger partial charge on any atom is 0.306 e. The molecule has 0 aliphatic heterocycles. The van der Waals surface area contributed by atoms with Crippen molar-refractivity contribution in [3.05, 3.63) is 33.6 Å². The number of aryl methyl sites for hydroxylation is 1. The Morgan fingerprint density at radius 3 is 2.62 bits per heavy atom. The molecule has 0 heterocycles. The summed E-state index contributed by atoms with van der Waals surface area (Å²) in [6.07, 6.45) is -0.346. The van der Waals surface area contributed by atoms with E-state index in [1.165, 1.54) is 6.92 Å². The van der Waals surface area contributed by atoms with Crippen LogP contribution in [0.5, 0.6) is 0 Å². The normalized spacial score (nSPS) is 13.1. The van der Waals surface area contributed by atoms with Crippen LogP contribution in [-0.4, -0.2) is 32.6 Å². The molecule has 1 N–H and O–H groups in total. The Balaban J connectivity index is 3.06. The van der Waals surface area contributed by atoms with Gasteiger partial charge in [-0.3, -0.25) is 10.1 Å². The van der Waals surface area contributed by atoms with Crippen LogP contribution in [0.4, 0.5) is 10.1 Å². The van der Waals surface area contributed by atoms with Gasteiger partial charge in [-0.15, -0.1) is 0 Å². The van der Waals surface area contributed by atoms with Gasteiger partial charge in [0.2, 0.25) is 15.8 Å².